The van der Waals surface area contributed by atoms with Gasteiger partial charge in [0.25, 0.3) is 5.91 Å². The lowest BCUT2D eigenvalue weighted by molar-refractivity contribution is 0.0587. The molecule has 1 N–H and O–H groups in total. The van der Waals surface area contributed by atoms with Gasteiger partial charge in [-0.3, -0.25) is 4.79 Å². The van der Waals surface area contributed by atoms with Crippen LogP contribution in [0.4, 0.5) is 0 Å². The van der Waals surface area contributed by atoms with Crippen molar-refractivity contribution in [1.82, 2.24) is 4.90 Å². The minimum Gasteiger partial charge on any atom is -0.475 e. The maximum atomic E-state index is 12.1. The standard InChI is InChI=1S/C13H17NO4/c1-13(2)5-7-14(8-6-13)11(15)9-3-4-10(18-9)12(16)17/h3-4H,5-8H2,1-2H3,(H,16,17). The Kier molecular flexibility index (Phi) is 3.15. The minimum atomic E-state index is -1.16. The zero-order valence-electron chi connectivity index (χ0n) is 10.6. The first-order valence-corrected chi connectivity index (χ1v) is 6.01. The van der Waals surface area contributed by atoms with Crippen molar-refractivity contribution in [2.45, 2.75) is 26.7 Å². The molecule has 5 nitrogen and oxygen atoms in total. The number of hydrogen-bond acceptors (Lipinski definition) is 3. The summed E-state index contributed by atoms with van der Waals surface area (Å²) >= 11 is 0. The molecule has 0 saturated carbocycles. The number of hydrogen-bond donors (Lipinski definition) is 1. The van der Waals surface area contributed by atoms with E-state index in [1.807, 2.05) is 0 Å². The van der Waals surface area contributed by atoms with Crippen LogP contribution in [0.25, 0.3) is 0 Å². The van der Waals surface area contributed by atoms with E-state index in [-0.39, 0.29) is 22.8 Å². The first-order valence-electron chi connectivity index (χ1n) is 6.01. The van der Waals surface area contributed by atoms with Crippen LogP contribution < -0.4 is 0 Å². The second kappa shape index (κ2) is 4.48. The zero-order chi connectivity index (χ0) is 13.3. The highest BCUT2D eigenvalue weighted by atomic mass is 16.4. The van der Waals surface area contributed by atoms with Crippen molar-refractivity contribution in [2.75, 3.05) is 13.1 Å². The van der Waals surface area contributed by atoms with Gasteiger partial charge in [0.1, 0.15) is 0 Å². The molecule has 0 spiro atoms. The van der Waals surface area contributed by atoms with Gasteiger partial charge >= 0.3 is 5.97 Å². The van der Waals surface area contributed by atoms with Crippen molar-refractivity contribution in [2.24, 2.45) is 5.41 Å². The van der Waals surface area contributed by atoms with Crippen LogP contribution in [0.3, 0.4) is 0 Å². The van der Waals surface area contributed by atoms with E-state index in [0.29, 0.717) is 13.1 Å². The molecule has 2 heterocycles. The van der Waals surface area contributed by atoms with Gasteiger partial charge < -0.3 is 14.4 Å². The average Bonchev–Trinajstić information content (AvgIpc) is 2.77. The number of furan rings is 1. The molecule has 1 saturated heterocycles. The Morgan fingerprint density at radius 2 is 1.78 bits per heavy atom. The van der Waals surface area contributed by atoms with Crippen LogP contribution in [-0.4, -0.2) is 35.0 Å². The van der Waals surface area contributed by atoms with Gasteiger partial charge in [-0.15, -0.1) is 0 Å². The second-order valence-corrected chi connectivity index (χ2v) is 5.43. The highest BCUT2D eigenvalue weighted by Gasteiger charge is 2.29. The van der Waals surface area contributed by atoms with Crippen LogP contribution in [-0.2, 0) is 0 Å². The van der Waals surface area contributed by atoms with Crippen molar-refractivity contribution < 1.29 is 19.1 Å². The third-order valence-corrected chi connectivity index (χ3v) is 3.43. The molecule has 1 fully saturated rings. The lowest BCUT2D eigenvalue weighted by Crippen LogP contribution is -2.41. The molecule has 1 aliphatic rings. The Bertz CT molecular complexity index is 465. The lowest BCUT2D eigenvalue weighted by Gasteiger charge is -2.36. The summed E-state index contributed by atoms with van der Waals surface area (Å²) in [6, 6.07) is 2.73. The lowest BCUT2D eigenvalue weighted by atomic mass is 9.82. The van der Waals surface area contributed by atoms with Gasteiger partial charge in [-0.1, -0.05) is 13.8 Å². The van der Waals surface area contributed by atoms with Crippen LogP contribution >= 0.6 is 0 Å². The topological polar surface area (TPSA) is 70.8 Å². The van der Waals surface area contributed by atoms with Gasteiger partial charge in [0.15, 0.2) is 5.76 Å². The molecule has 1 aliphatic heterocycles. The number of carboxylic acid groups (broad SMARTS) is 1. The zero-order valence-corrected chi connectivity index (χ0v) is 10.6. The van der Waals surface area contributed by atoms with Crippen LogP contribution in [0, 0.1) is 5.41 Å². The maximum absolute atomic E-state index is 12.1. The van der Waals surface area contributed by atoms with E-state index >= 15 is 0 Å². The van der Waals surface area contributed by atoms with Crippen LogP contribution in [0.5, 0.6) is 0 Å². The van der Waals surface area contributed by atoms with Gasteiger partial charge in [-0.25, -0.2) is 4.79 Å². The molecule has 0 aliphatic carbocycles. The molecule has 1 aromatic heterocycles. The molecular weight excluding hydrogens is 234 g/mol. The molecule has 1 aromatic rings. The van der Waals surface area contributed by atoms with Crippen molar-refractivity contribution >= 4 is 11.9 Å². The molecule has 0 unspecified atom stereocenters. The summed E-state index contributed by atoms with van der Waals surface area (Å²) in [4.78, 5) is 24.5. The minimum absolute atomic E-state index is 0.104. The van der Waals surface area contributed by atoms with E-state index in [1.165, 1.54) is 12.1 Å². The fourth-order valence-corrected chi connectivity index (χ4v) is 2.04. The number of likely N-dealkylation sites (tertiary alicyclic amines) is 1. The Balaban J connectivity index is 2.05. The summed E-state index contributed by atoms with van der Waals surface area (Å²) in [5.74, 6) is -1.48. The maximum Gasteiger partial charge on any atom is 0.371 e. The van der Waals surface area contributed by atoms with E-state index in [9.17, 15) is 9.59 Å². The number of piperidine rings is 1. The number of aromatic carboxylic acids is 1. The highest BCUT2D eigenvalue weighted by Crippen LogP contribution is 2.30. The fraction of sp³-hybridized carbons (Fsp3) is 0.538. The average molecular weight is 251 g/mol. The Hall–Kier alpha value is -1.78. The third-order valence-electron chi connectivity index (χ3n) is 3.43. The van der Waals surface area contributed by atoms with Crippen LogP contribution in [0.15, 0.2) is 16.5 Å². The third kappa shape index (κ3) is 2.55. The Morgan fingerprint density at radius 1 is 1.22 bits per heavy atom. The molecule has 0 bridgehead atoms. The summed E-state index contributed by atoms with van der Waals surface area (Å²) in [6.07, 6.45) is 1.90. The molecule has 0 radical (unpaired) electrons. The monoisotopic (exact) mass is 251 g/mol. The number of carboxylic acids is 1. The number of carbonyl (C=O) groups excluding carboxylic acids is 1. The smallest absolute Gasteiger partial charge is 0.371 e. The molecule has 0 atom stereocenters. The molecule has 2 rings (SSSR count). The van der Waals surface area contributed by atoms with E-state index in [0.717, 1.165) is 12.8 Å². The van der Waals surface area contributed by atoms with Crippen LogP contribution in [0.1, 0.15) is 47.8 Å². The first-order chi connectivity index (χ1) is 8.39. The Morgan fingerprint density at radius 3 is 2.28 bits per heavy atom. The van der Waals surface area contributed by atoms with Crippen molar-refractivity contribution in [1.29, 1.82) is 0 Å². The molecular formula is C13H17NO4. The molecule has 1 amide bonds. The summed E-state index contributed by atoms with van der Waals surface area (Å²) in [5, 5.41) is 8.74. The van der Waals surface area contributed by atoms with E-state index in [2.05, 4.69) is 13.8 Å². The SMILES string of the molecule is CC1(C)CCN(C(=O)c2ccc(C(=O)O)o2)CC1. The predicted octanol–water partition coefficient (Wildman–Crippen LogP) is 2.24. The summed E-state index contributed by atoms with van der Waals surface area (Å²) < 4.78 is 5.02. The van der Waals surface area contributed by atoms with Crippen molar-refractivity contribution in [3.63, 3.8) is 0 Å². The van der Waals surface area contributed by atoms with Gasteiger partial charge in [-0.2, -0.15) is 0 Å². The number of carbonyl (C=O) groups is 2. The quantitative estimate of drug-likeness (QED) is 0.875. The molecule has 5 heteroatoms. The molecule has 18 heavy (non-hydrogen) atoms. The van der Waals surface area contributed by atoms with Crippen molar-refractivity contribution in [3.8, 4) is 0 Å². The van der Waals surface area contributed by atoms with E-state index in [4.69, 9.17) is 9.52 Å². The van der Waals surface area contributed by atoms with Gasteiger partial charge in [0.05, 0.1) is 0 Å². The fourth-order valence-electron chi connectivity index (χ4n) is 2.04. The predicted molar refractivity (Wildman–Crippen MR) is 64.6 cm³/mol. The normalized spacial score (nSPS) is 18.7. The van der Waals surface area contributed by atoms with Gasteiger partial charge in [-0.05, 0) is 30.4 Å². The highest BCUT2D eigenvalue weighted by molar-refractivity contribution is 5.93. The van der Waals surface area contributed by atoms with Crippen molar-refractivity contribution in [3.05, 3.63) is 23.7 Å². The Labute approximate surface area is 105 Å². The summed E-state index contributed by atoms with van der Waals surface area (Å²) in [7, 11) is 0. The van der Waals surface area contributed by atoms with Gasteiger partial charge in [0, 0.05) is 13.1 Å². The molecule has 0 aromatic carbocycles. The largest absolute Gasteiger partial charge is 0.475 e. The first kappa shape index (κ1) is 12.7. The van der Waals surface area contributed by atoms with Crippen LogP contribution in [0.2, 0.25) is 0 Å². The molecule has 98 valence electrons. The van der Waals surface area contributed by atoms with E-state index < -0.39 is 5.97 Å². The summed E-state index contributed by atoms with van der Waals surface area (Å²) in [5.41, 5.74) is 0.270. The number of amides is 1. The van der Waals surface area contributed by atoms with E-state index in [1.54, 1.807) is 4.90 Å². The number of nitrogens with zero attached hydrogens (tertiary/aromatic N) is 1. The number of rotatable bonds is 2. The summed E-state index contributed by atoms with van der Waals surface area (Å²) in [6.45, 7) is 5.75. The second-order valence-electron chi connectivity index (χ2n) is 5.43. The van der Waals surface area contributed by atoms with Gasteiger partial charge in [0.2, 0.25) is 5.76 Å².